The number of aromatic nitrogens is 2. The molecule has 7 nitrogen and oxygen atoms in total. The summed E-state index contributed by atoms with van der Waals surface area (Å²) in [4.78, 5) is 26.3. The molecule has 1 aromatic heterocycles. The van der Waals surface area contributed by atoms with E-state index in [9.17, 15) is 14.9 Å². The van der Waals surface area contributed by atoms with Crippen molar-refractivity contribution in [1.29, 1.82) is 5.26 Å². The Kier molecular flexibility index (Phi) is 6.64. The van der Waals surface area contributed by atoms with Gasteiger partial charge in [0.15, 0.2) is 4.34 Å². The first kappa shape index (κ1) is 20.6. The molecule has 2 unspecified atom stereocenters. The second-order valence-corrected chi connectivity index (χ2v) is 9.46. The van der Waals surface area contributed by atoms with Gasteiger partial charge in [-0.2, -0.15) is 5.26 Å². The number of carbonyl (C=O) groups excluding carboxylic acids is 2. The van der Waals surface area contributed by atoms with Crippen molar-refractivity contribution in [2.24, 2.45) is 5.92 Å². The summed E-state index contributed by atoms with van der Waals surface area (Å²) in [5.41, 5.74) is -0.908. The number of carbonyl (C=O) groups is 2. The Labute approximate surface area is 162 Å². The molecule has 0 aromatic carbocycles. The van der Waals surface area contributed by atoms with Gasteiger partial charge in [-0.05, 0) is 32.6 Å². The van der Waals surface area contributed by atoms with Crippen LogP contribution in [0.15, 0.2) is 4.34 Å². The summed E-state index contributed by atoms with van der Waals surface area (Å²) in [6.45, 7) is 9.13. The zero-order chi connectivity index (χ0) is 19.5. The summed E-state index contributed by atoms with van der Waals surface area (Å²) < 4.78 is 0.639. The summed E-state index contributed by atoms with van der Waals surface area (Å²) in [7, 11) is 0. The van der Waals surface area contributed by atoms with Gasteiger partial charge in [-0.3, -0.25) is 14.5 Å². The van der Waals surface area contributed by atoms with E-state index in [0.717, 1.165) is 12.8 Å². The molecule has 1 heterocycles. The highest BCUT2D eigenvalue weighted by atomic mass is 32.2. The second-order valence-electron chi connectivity index (χ2n) is 6.92. The number of anilines is 1. The SMILES string of the molecule is CCC(=O)N(c1nnc(SC(C)C(=O)NC(C)(C#N)C(C)C)s1)C1CC1. The fourth-order valence-corrected chi connectivity index (χ4v) is 4.25. The summed E-state index contributed by atoms with van der Waals surface area (Å²) in [5, 5.41) is 20.6. The third kappa shape index (κ3) is 4.74. The number of hydrogen-bond acceptors (Lipinski definition) is 7. The first-order valence-electron chi connectivity index (χ1n) is 8.77. The maximum Gasteiger partial charge on any atom is 0.234 e. The molecular weight excluding hydrogens is 370 g/mol. The molecular formula is C17H25N5O2S2. The number of nitrogens with one attached hydrogen (secondary N) is 1. The molecule has 0 bridgehead atoms. The lowest BCUT2D eigenvalue weighted by molar-refractivity contribution is -0.122. The fraction of sp³-hybridized carbons (Fsp3) is 0.706. The number of thioether (sulfide) groups is 1. The highest BCUT2D eigenvalue weighted by Gasteiger charge is 2.36. The van der Waals surface area contributed by atoms with Crippen LogP contribution in [-0.4, -0.2) is 38.8 Å². The lowest BCUT2D eigenvalue weighted by Gasteiger charge is -2.28. The van der Waals surface area contributed by atoms with Gasteiger partial charge in [0.1, 0.15) is 5.54 Å². The number of nitrogens with zero attached hydrogens (tertiary/aromatic N) is 4. The highest BCUT2D eigenvalue weighted by molar-refractivity contribution is 8.02. The fourth-order valence-electron chi connectivity index (χ4n) is 2.18. The molecule has 2 rings (SSSR count). The van der Waals surface area contributed by atoms with Crippen LogP contribution < -0.4 is 10.2 Å². The number of rotatable bonds is 8. The molecule has 1 saturated carbocycles. The van der Waals surface area contributed by atoms with Crippen molar-refractivity contribution in [3.05, 3.63) is 0 Å². The molecule has 0 aliphatic heterocycles. The van der Waals surface area contributed by atoms with Crippen LogP contribution in [-0.2, 0) is 9.59 Å². The van der Waals surface area contributed by atoms with Crippen LogP contribution in [0, 0.1) is 17.2 Å². The van der Waals surface area contributed by atoms with Crippen LogP contribution in [0.4, 0.5) is 5.13 Å². The van der Waals surface area contributed by atoms with Crippen molar-refractivity contribution >= 4 is 40.0 Å². The standard InChI is InChI=1S/C17H25N5O2S2/c1-6-13(23)22(12-7-8-12)15-20-21-16(26-15)25-11(4)14(24)19-17(5,9-18)10(2)3/h10-12H,6-8H2,1-5H3,(H,19,24). The Morgan fingerprint density at radius 1 is 1.42 bits per heavy atom. The molecule has 1 aliphatic rings. The van der Waals surface area contributed by atoms with E-state index in [-0.39, 0.29) is 23.8 Å². The van der Waals surface area contributed by atoms with E-state index in [1.807, 2.05) is 20.8 Å². The van der Waals surface area contributed by atoms with E-state index in [4.69, 9.17) is 0 Å². The Hall–Kier alpha value is -1.66. The Morgan fingerprint density at radius 3 is 2.58 bits per heavy atom. The van der Waals surface area contributed by atoms with Gasteiger partial charge in [0.05, 0.1) is 11.3 Å². The predicted octanol–water partition coefficient (Wildman–Crippen LogP) is 2.98. The summed E-state index contributed by atoms with van der Waals surface area (Å²) >= 11 is 2.62. The van der Waals surface area contributed by atoms with E-state index in [0.29, 0.717) is 15.9 Å². The Morgan fingerprint density at radius 2 is 2.08 bits per heavy atom. The van der Waals surface area contributed by atoms with Gasteiger partial charge in [-0.15, -0.1) is 10.2 Å². The van der Waals surface area contributed by atoms with Gasteiger partial charge < -0.3 is 5.32 Å². The topological polar surface area (TPSA) is 99.0 Å². The molecule has 2 amide bonds. The quantitative estimate of drug-likeness (QED) is 0.537. The van der Waals surface area contributed by atoms with Gasteiger partial charge in [-0.25, -0.2) is 0 Å². The zero-order valence-electron chi connectivity index (χ0n) is 15.8. The maximum atomic E-state index is 12.4. The molecule has 1 fully saturated rings. The first-order chi connectivity index (χ1) is 12.2. The monoisotopic (exact) mass is 395 g/mol. The number of nitriles is 1. The van der Waals surface area contributed by atoms with Crippen molar-refractivity contribution in [3.8, 4) is 6.07 Å². The summed E-state index contributed by atoms with van der Waals surface area (Å²) in [6.07, 6.45) is 2.42. The van der Waals surface area contributed by atoms with Crippen LogP contribution in [0.2, 0.25) is 0 Å². The van der Waals surface area contributed by atoms with E-state index in [2.05, 4.69) is 21.6 Å². The largest absolute Gasteiger partial charge is 0.337 e. The molecule has 26 heavy (non-hydrogen) atoms. The second kappa shape index (κ2) is 8.35. The van der Waals surface area contributed by atoms with Crippen LogP contribution in [0.3, 0.4) is 0 Å². The van der Waals surface area contributed by atoms with Crippen molar-refractivity contribution in [2.75, 3.05) is 4.90 Å². The Balaban J connectivity index is 2.03. The molecule has 1 aliphatic carbocycles. The van der Waals surface area contributed by atoms with Crippen molar-refractivity contribution in [1.82, 2.24) is 15.5 Å². The third-order valence-electron chi connectivity index (χ3n) is 4.50. The molecule has 0 radical (unpaired) electrons. The van der Waals surface area contributed by atoms with Crippen molar-refractivity contribution < 1.29 is 9.59 Å². The minimum atomic E-state index is -0.908. The molecule has 1 aromatic rings. The smallest absolute Gasteiger partial charge is 0.234 e. The summed E-state index contributed by atoms with van der Waals surface area (Å²) in [6, 6.07) is 2.41. The third-order valence-corrected chi connectivity index (χ3v) is 6.61. The molecule has 0 spiro atoms. The number of hydrogen-bond donors (Lipinski definition) is 1. The van der Waals surface area contributed by atoms with Crippen LogP contribution in [0.25, 0.3) is 0 Å². The Bertz CT molecular complexity index is 710. The van der Waals surface area contributed by atoms with Crippen molar-refractivity contribution in [3.63, 3.8) is 0 Å². The molecule has 9 heteroatoms. The average molecular weight is 396 g/mol. The van der Waals surface area contributed by atoms with Gasteiger partial charge in [-0.1, -0.05) is 43.9 Å². The lowest BCUT2D eigenvalue weighted by atomic mass is 9.90. The van der Waals surface area contributed by atoms with Crippen LogP contribution in [0.1, 0.15) is 53.9 Å². The van der Waals surface area contributed by atoms with E-state index >= 15 is 0 Å². The highest BCUT2D eigenvalue weighted by Crippen LogP contribution is 2.37. The zero-order valence-corrected chi connectivity index (χ0v) is 17.4. The van der Waals surface area contributed by atoms with Crippen LogP contribution in [0.5, 0.6) is 0 Å². The molecule has 142 valence electrons. The number of amides is 2. The molecule has 0 saturated heterocycles. The van der Waals surface area contributed by atoms with E-state index in [1.165, 1.54) is 23.1 Å². The predicted molar refractivity (Wildman–Crippen MR) is 103 cm³/mol. The molecule has 1 N–H and O–H groups in total. The lowest BCUT2D eigenvalue weighted by Crippen LogP contribution is -2.51. The van der Waals surface area contributed by atoms with Crippen molar-refractivity contribution in [2.45, 2.75) is 75.1 Å². The van der Waals surface area contributed by atoms with Gasteiger partial charge in [0.2, 0.25) is 16.9 Å². The minimum Gasteiger partial charge on any atom is -0.337 e. The normalized spacial score (nSPS) is 17.3. The van der Waals surface area contributed by atoms with Gasteiger partial charge in [0.25, 0.3) is 0 Å². The van der Waals surface area contributed by atoms with E-state index < -0.39 is 10.8 Å². The summed E-state index contributed by atoms with van der Waals surface area (Å²) in [5.74, 6) is -0.171. The van der Waals surface area contributed by atoms with Crippen LogP contribution >= 0.6 is 23.1 Å². The van der Waals surface area contributed by atoms with Gasteiger partial charge >= 0.3 is 0 Å². The van der Waals surface area contributed by atoms with Gasteiger partial charge in [0, 0.05) is 12.5 Å². The average Bonchev–Trinajstić information content (AvgIpc) is 3.33. The minimum absolute atomic E-state index is 0.00561. The maximum absolute atomic E-state index is 12.4. The molecule has 2 atom stereocenters. The van der Waals surface area contributed by atoms with E-state index in [1.54, 1.807) is 18.7 Å². The first-order valence-corrected chi connectivity index (χ1v) is 10.5.